The maximum atomic E-state index is 14.0. The minimum absolute atomic E-state index is 0.313. The Bertz CT molecular complexity index is 624. The van der Waals surface area contributed by atoms with Gasteiger partial charge in [-0.15, -0.1) is 0 Å². The van der Waals surface area contributed by atoms with Gasteiger partial charge in [0.2, 0.25) is 0 Å². The van der Waals surface area contributed by atoms with Crippen molar-refractivity contribution in [2.75, 3.05) is 0 Å². The van der Waals surface area contributed by atoms with E-state index in [0.29, 0.717) is 11.1 Å². The number of alkyl halides is 1. The maximum Gasteiger partial charge on any atom is 0.128 e. The molecule has 2 aromatic rings. The summed E-state index contributed by atoms with van der Waals surface area (Å²) in [6.45, 7) is 3.49. The van der Waals surface area contributed by atoms with E-state index in [-0.39, 0.29) is 4.83 Å². The van der Waals surface area contributed by atoms with Gasteiger partial charge in [-0.25, -0.2) is 8.78 Å². The first-order chi connectivity index (χ1) is 8.90. The molecule has 100 valence electrons. The van der Waals surface area contributed by atoms with Crippen molar-refractivity contribution in [3.05, 3.63) is 68.7 Å². The molecule has 2 rings (SSSR count). The summed E-state index contributed by atoms with van der Waals surface area (Å²) in [5, 5.41) is 0. The fourth-order valence-electron chi connectivity index (χ4n) is 1.95. The molecule has 0 N–H and O–H groups in total. The molecule has 0 aliphatic carbocycles. The Hall–Kier alpha value is -0.740. The van der Waals surface area contributed by atoms with Gasteiger partial charge in [-0.3, -0.25) is 0 Å². The molecule has 0 saturated heterocycles. The molecule has 0 nitrogen and oxygen atoms in total. The predicted molar refractivity (Wildman–Crippen MR) is 80.7 cm³/mol. The normalized spacial score (nSPS) is 12.5. The Morgan fingerprint density at radius 2 is 1.58 bits per heavy atom. The minimum Gasteiger partial charge on any atom is -0.207 e. The lowest BCUT2D eigenvalue weighted by molar-refractivity contribution is 0.581. The highest BCUT2D eigenvalue weighted by molar-refractivity contribution is 9.10. The Kier molecular flexibility index (Phi) is 4.41. The zero-order chi connectivity index (χ0) is 14.2. The van der Waals surface area contributed by atoms with E-state index in [1.165, 1.54) is 12.1 Å². The molecule has 0 bridgehead atoms. The molecule has 0 saturated carbocycles. The van der Waals surface area contributed by atoms with E-state index in [2.05, 4.69) is 31.9 Å². The lowest BCUT2D eigenvalue weighted by Crippen LogP contribution is -2.01. The molecular weight excluding hydrogens is 378 g/mol. The number of hydrogen-bond acceptors (Lipinski definition) is 0. The smallest absolute Gasteiger partial charge is 0.128 e. The molecule has 0 aliphatic heterocycles. The van der Waals surface area contributed by atoms with Crippen molar-refractivity contribution in [2.45, 2.75) is 18.7 Å². The topological polar surface area (TPSA) is 0 Å². The van der Waals surface area contributed by atoms with E-state index in [1.807, 2.05) is 25.1 Å². The quantitative estimate of drug-likeness (QED) is 0.567. The third-order valence-corrected chi connectivity index (χ3v) is 4.54. The summed E-state index contributed by atoms with van der Waals surface area (Å²) in [6.07, 6.45) is 0. The highest BCUT2D eigenvalue weighted by atomic mass is 79.9. The van der Waals surface area contributed by atoms with E-state index in [4.69, 9.17) is 0 Å². The molecule has 1 unspecified atom stereocenters. The first-order valence-electron chi connectivity index (χ1n) is 5.76. The van der Waals surface area contributed by atoms with Gasteiger partial charge in [0.1, 0.15) is 11.6 Å². The van der Waals surface area contributed by atoms with Gasteiger partial charge in [-0.05, 0) is 54.8 Å². The lowest BCUT2D eigenvalue weighted by atomic mass is 9.99. The van der Waals surface area contributed by atoms with Gasteiger partial charge in [0.25, 0.3) is 0 Å². The average molecular weight is 390 g/mol. The fraction of sp³-hybridized carbons (Fsp3) is 0.200. The van der Waals surface area contributed by atoms with Crippen LogP contribution in [0.3, 0.4) is 0 Å². The molecule has 4 heteroatoms. The van der Waals surface area contributed by atoms with Crippen LogP contribution >= 0.6 is 31.9 Å². The zero-order valence-corrected chi connectivity index (χ0v) is 13.6. The second-order valence-corrected chi connectivity index (χ2v) is 6.32. The summed E-state index contributed by atoms with van der Waals surface area (Å²) in [5.41, 5.74) is 2.56. The van der Waals surface area contributed by atoms with Gasteiger partial charge in [-0.1, -0.05) is 37.9 Å². The standard InChI is InChI=1S/C15H12Br2F2/c1-8-5-10(16)3-4-11(8)15(17)12-7-13(18)9(2)6-14(12)19/h3-7,15H,1-2H3. The largest absolute Gasteiger partial charge is 0.207 e. The summed E-state index contributed by atoms with van der Waals surface area (Å²) in [7, 11) is 0. The van der Waals surface area contributed by atoms with Crippen molar-refractivity contribution in [2.24, 2.45) is 0 Å². The predicted octanol–water partition coefficient (Wildman–Crippen LogP) is 5.83. The molecule has 0 fully saturated rings. The van der Waals surface area contributed by atoms with Gasteiger partial charge in [0.15, 0.2) is 0 Å². The van der Waals surface area contributed by atoms with Crippen molar-refractivity contribution in [3.63, 3.8) is 0 Å². The van der Waals surface area contributed by atoms with Crippen LogP contribution in [0.25, 0.3) is 0 Å². The Morgan fingerprint density at radius 1 is 0.895 bits per heavy atom. The van der Waals surface area contributed by atoms with E-state index in [0.717, 1.165) is 15.6 Å². The maximum absolute atomic E-state index is 14.0. The van der Waals surface area contributed by atoms with Gasteiger partial charge in [0, 0.05) is 10.0 Å². The van der Waals surface area contributed by atoms with E-state index in [9.17, 15) is 8.78 Å². The number of rotatable bonds is 2. The fourth-order valence-corrected chi connectivity index (χ4v) is 3.29. The summed E-state index contributed by atoms with van der Waals surface area (Å²) in [6, 6.07) is 8.22. The second kappa shape index (κ2) is 5.71. The molecule has 2 aromatic carbocycles. The molecular formula is C15H12Br2F2. The zero-order valence-electron chi connectivity index (χ0n) is 10.5. The van der Waals surface area contributed by atoms with Gasteiger partial charge >= 0.3 is 0 Å². The molecule has 0 aliphatic rings. The molecule has 19 heavy (non-hydrogen) atoms. The van der Waals surface area contributed by atoms with Crippen LogP contribution in [-0.4, -0.2) is 0 Å². The van der Waals surface area contributed by atoms with E-state index < -0.39 is 11.6 Å². The summed E-state index contributed by atoms with van der Waals surface area (Å²) < 4.78 is 28.5. The SMILES string of the molecule is Cc1cc(F)c(C(Br)c2ccc(Br)cc2C)cc1F. The molecule has 0 heterocycles. The highest BCUT2D eigenvalue weighted by Crippen LogP contribution is 2.36. The van der Waals surface area contributed by atoms with E-state index in [1.54, 1.807) is 6.92 Å². The van der Waals surface area contributed by atoms with Gasteiger partial charge < -0.3 is 0 Å². The number of hydrogen-bond donors (Lipinski definition) is 0. The lowest BCUT2D eigenvalue weighted by Gasteiger charge is -2.15. The molecule has 0 aromatic heterocycles. The monoisotopic (exact) mass is 388 g/mol. The Morgan fingerprint density at radius 3 is 2.21 bits per heavy atom. The number of benzene rings is 2. The third kappa shape index (κ3) is 3.06. The highest BCUT2D eigenvalue weighted by Gasteiger charge is 2.18. The van der Waals surface area contributed by atoms with Crippen molar-refractivity contribution in [1.82, 2.24) is 0 Å². The number of halogens is 4. The van der Waals surface area contributed by atoms with Crippen molar-refractivity contribution < 1.29 is 8.78 Å². The molecule has 0 amide bonds. The van der Waals surface area contributed by atoms with E-state index >= 15 is 0 Å². The molecule has 0 radical (unpaired) electrons. The van der Waals surface area contributed by atoms with Crippen LogP contribution in [0.15, 0.2) is 34.8 Å². The minimum atomic E-state index is -0.400. The Labute approximate surface area is 128 Å². The molecule has 1 atom stereocenters. The van der Waals surface area contributed by atoms with Crippen LogP contribution in [0.4, 0.5) is 8.78 Å². The molecule has 0 spiro atoms. The van der Waals surface area contributed by atoms with Crippen molar-refractivity contribution >= 4 is 31.9 Å². The first-order valence-corrected chi connectivity index (χ1v) is 7.46. The van der Waals surface area contributed by atoms with Crippen LogP contribution in [0.5, 0.6) is 0 Å². The van der Waals surface area contributed by atoms with Crippen LogP contribution in [0, 0.1) is 25.5 Å². The van der Waals surface area contributed by atoms with Crippen LogP contribution in [-0.2, 0) is 0 Å². The van der Waals surface area contributed by atoms with Crippen molar-refractivity contribution in [1.29, 1.82) is 0 Å². The van der Waals surface area contributed by atoms with Crippen LogP contribution in [0.1, 0.15) is 27.1 Å². The van der Waals surface area contributed by atoms with Crippen molar-refractivity contribution in [3.8, 4) is 0 Å². The first kappa shape index (κ1) is 14.7. The van der Waals surface area contributed by atoms with Gasteiger partial charge in [0.05, 0.1) is 4.83 Å². The number of aryl methyl sites for hydroxylation is 2. The summed E-state index contributed by atoms with van der Waals surface area (Å²) in [5.74, 6) is -0.793. The average Bonchev–Trinajstić information content (AvgIpc) is 2.33. The second-order valence-electron chi connectivity index (χ2n) is 4.49. The third-order valence-electron chi connectivity index (χ3n) is 3.06. The van der Waals surface area contributed by atoms with Gasteiger partial charge in [-0.2, -0.15) is 0 Å². The summed E-state index contributed by atoms with van der Waals surface area (Å²) in [4.78, 5) is -0.365. The van der Waals surface area contributed by atoms with Crippen LogP contribution < -0.4 is 0 Å². The summed E-state index contributed by atoms with van der Waals surface area (Å²) >= 11 is 6.84. The van der Waals surface area contributed by atoms with Crippen LogP contribution in [0.2, 0.25) is 0 Å². The Balaban J connectivity index is 2.49.